The molecule has 0 radical (unpaired) electrons. The molecule has 1 rings (SSSR count). The molecule has 0 spiro atoms. The van der Waals surface area contributed by atoms with Gasteiger partial charge < -0.3 is 16.2 Å². The first-order valence-corrected chi connectivity index (χ1v) is 3.88. The highest BCUT2D eigenvalue weighted by Crippen LogP contribution is 2.24. The zero-order valence-corrected chi connectivity index (χ0v) is 6.62. The molecule has 68 valence electrons. The van der Waals surface area contributed by atoms with Crippen molar-refractivity contribution in [2.75, 3.05) is 0 Å². The molecule has 1 aliphatic carbocycles. The molecule has 0 aromatic rings. The van der Waals surface area contributed by atoms with Gasteiger partial charge in [0, 0.05) is 12.0 Å². The number of rotatable bonds is 2. The Labute approximate surface area is 69.9 Å². The second-order valence-electron chi connectivity index (χ2n) is 3.06. The normalized spacial score (nSPS) is 28.3. The second kappa shape index (κ2) is 3.42. The molecule has 1 fully saturated rings. The molecule has 0 bridgehead atoms. The smallest absolute Gasteiger partial charge is 0.404 e. The van der Waals surface area contributed by atoms with Gasteiger partial charge in [-0.1, -0.05) is 0 Å². The van der Waals surface area contributed by atoms with Crippen molar-refractivity contribution < 1.29 is 14.7 Å². The van der Waals surface area contributed by atoms with Gasteiger partial charge >= 0.3 is 6.09 Å². The van der Waals surface area contributed by atoms with E-state index in [0.29, 0.717) is 19.3 Å². The SMILES string of the molecule is NC(=O)[C@@H]1CC[C@H](NC(=O)O)C1. The van der Waals surface area contributed by atoms with Crippen molar-refractivity contribution in [3.05, 3.63) is 0 Å². The van der Waals surface area contributed by atoms with Crippen LogP contribution in [-0.4, -0.2) is 23.1 Å². The first kappa shape index (κ1) is 8.83. The standard InChI is InChI=1S/C7H12N2O3/c8-6(10)4-1-2-5(3-4)9-7(11)12/h4-5,9H,1-3H2,(H2,8,10)(H,11,12)/t4-,5+/m1/s1. The van der Waals surface area contributed by atoms with Crippen LogP contribution in [-0.2, 0) is 4.79 Å². The van der Waals surface area contributed by atoms with Crippen molar-refractivity contribution in [1.29, 1.82) is 0 Å². The van der Waals surface area contributed by atoms with E-state index in [4.69, 9.17) is 10.8 Å². The van der Waals surface area contributed by atoms with Crippen LogP contribution in [0.25, 0.3) is 0 Å². The number of amides is 2. The first-order valence-electron chi connectivity index (χ1n) is 3.88. The first-order chi connectivity index (χ1) is 5.59. The van der Waals surface area contributed by atoms with Gasteiger partial charge in [-0.25, -0.2) is 4.79 Å². The molecule has 0 aliphatic heterocycles. The van der Waals surface area contributed by atoms with Crippen LogP contribution < -0.4 is 11.1 Å². The number of carboxylic acid groups (broad SMARTS) is 1. The summed E-state index contributed by atoms with van der Waals surface area (Å²) >= 11 is 0. The minimum absolute atomic E-state index is 0.0972. The summed E-state index contributed by atoms with van der Waals surface area (Å²) in [6.07, 6.45) is 0.909. The van der Waals surface area contributed by atoms with E-state index >= 15 is 0 Å². The predicted molar refractivity (Wildman–Crippen MR) is 41.5 cm³/mol. The topological polar surface area (TPSA) is 92.4 Å². The summed E-state index contributed by atoms with van der Waals surface area (Å²) in [5.41, 5.74) is 5.08. The zero-order chi connectivity index (χ0) is 9.14. The van der Waals surface area contributed by atoms with Gasteiger partial charge in [-0.2, -0.15) is 0 Å². The van der Waals surface area contributed by atoms with Crippen LogP contribution in [0.1, 0.15) is 19.3 Å². The average molecular weight is 172 g/mol. The summed E-state index contributed by atoms with van der Waals surface area (Å²) < 4.78 is 0. The fourth-order valence-electron chi connectivity index (χ4n) is 1.55. The summed E-state index contributed by atoms with van der Waals surface area (Å²) in [7, 11) is 0. The van der Waals surface area contributed by atoms with E-state index in [1.54, 1.807) is 0 Å². The van der Waals surface area contributed by atoms with Gasteiger partial charge in [-0.15, -0.1) is 0 Å². The summed E-state index contributed by atoms with van der Waals surface area (Å²) in [4.78, 5) is 20.9. The van der Waals surface area contributed by atoms with Crippen LogP contribution in [0.4, 0.5) is 4.79 Å². The van der Waals surface area contributed by atoms with Gasteiger partial charge in [0.1, 0.15) is 0 Å². The Morgan fingerprint density at radius 3 is 2.50 bits per heavy atom. The molecule has 4 N–H and O–H groups in total. The van der Waals surface area contributed by atoms with Crippen LogP contribution in [0.15, 0.2) is 0 Å². The maximum absolute atomic E-state index is 10.7. The largest absolute Gasteiger partial charge is 0.465 e. The van der Waals surface area contributed by atoms with E-state index in [-0.39, 0.29) is 17.9 Å². The Morgan fingerprint density at radius 2 is 2.08 bits per heavy atom. The third kappa shape index (κ3) is 2.11. The molecule has 5 heteroatoms. The number of nitrogens with two attached hydrogens (primary N) is 1. The van der Waals surface area contributed by atoms with Gasteiger partial charge in [0.25, 0.3) is 0 Å². The fourth-order valence-corrected chi connectivity index (χ4v) is 1.55. The van der Waals surface area contributed by atoms with Crippen LogP contribution in [0, 0.1) is 5.92 Å². The van der Waals surface area contributed by atoms with Crippen molar-refractivity contribution in [2.24, 2.45) is 11.7 Å². The van der Waals surface area contributed by atoms with E-state index in [0.717, 1.165) is 0 Å². The second-order valence-corrected chi connectivity index (χ2v) is 3.06. The summed E-state index contributed by atoms with van der Waals surface area (Å²) in [6.45, 7) is 0. The van der Waals surface area contributed by atoms with E-state index < -0.39 is 6.09 Å². The van der Waals surface area contributed by atoms with E-state index in [1.165, 1.54) is 0 Å². The molecule has 0 saturated heterocycles. The Balaban J connectivity index is 2.35. The highest BCUT2D eigenvalue weighted by atomic mass is 16.4. The van der Waals surface area contributed by atoms with Crippen LogP contribution in [0.3, 0.4) is 0 Å². The minimum Gasteiger partial charge on any atom is -0.465 e. The van der Waals surface area contributed by atoms with Gasteiger partial charge in [-0.3, -0.25) is 4.79 Å². The highest BCUT2D eigenvalue weighted by molar-refractivity contribution is 5.77. The summed E-state index contributed by atoms with van der Waals surface area (Å²) in [5.74, 6) is -0.480. The number of hydrogen-bond donors (Lipinski definition) is 3. The lowest BCUT2D eigenvalue weighted by Crippen LogP contribution is -2.32. The molecule has 1 aliphatic rings. The van der Waals surface area contributed by atoms with Crippen molar-refractivity contribution in [1.82, 2.24) is 5.32 Å². The monoisotopic (exact) mass is 172 g/mol. The molecule has 5 nitrogen and oxygen atoms in total. The van der Waals surface area contributed by atoms with Crippen molar-refractivity contribution in [3.8, 4) is 0 Å². The van der Waals surface area contributed by atoms with Gasteiger partial charge in [0.05, 0.1) is 0 Å². The lowest BCUT2D eigenvalue weighted by molar-refractivity contribution is -0.121. The molecule has 0 aromatic heterocycles. The fraction of sp³-hybridized carbons (Fsp3) is 0.714. The van der Waals surface area contributed by atoms with Crippen LogP contribution in [0.5, 0.6) is 0 Å². The maximum atomic E-state index is 10.7. The molecule has 12 heavy (non-hydrogen) atoms. The van der Waals surface area contributed by atoms with Crippen molar-refractivity contribution >= 4 is 12.0 Å². The molecule has 0 aromatic carbocycles. The molecule has 0 heterocycles. The molecule has 2 atom stereocenters. The van der Waals surface area contributed by atoms with Gasteiger partial charge in [0.15, 0.2) is 0 Å². The minimum atomic E-state index is -1.04. The molecular weight excluding hydrogens is 160 g/mol. The van der Waals surface area contributed by atoms with Crippen LogP contribution >= 0.6 is 0 Å². The average Bonchev–Trinajstić information content (AvgIpc) is 2.34. The number of hydrogen-bond acceptors (Lipinski definition) is 2. The Bertz CT molecular complexity index is 205. The third-order valence-electron chi connectivity index (χ3n) is 2.16. The quantitative estimate of drug-likeness (QED) is 0.543. The van der Waals surface area contributed by atoms with Crippen molar-refractivity contribution in [2.45, 2.75) is 25.3 Å². The zero-order valence-electron chi connectivity index (χ0n) is 6.62. The summed E-state index contributed by atoms with van der Waals surface area (Å²) in [6, 6.07) is -0.0972. The molecular formula is C7H12N2O3. The van der Waals surface area contributed by atoms with E-state index in [9.17, 15) is 9.59 Å². The number of primary amides is 1. The number of carbonyl (C=O) groups excluding carboxylic acids is 1. The Kier molecular flexibility index (Phi) is 2.52. The van der Waals surface area contributed by atoms with E-state index in [2.05, 4.69) is 5.32 Å². The number of nitrogens with one attached hydrogen (secondary N) is 1. The summed E-state index contributed by atoms with van der Waals surface area (Å²) in [5, 5.41) is 10.7. The van der Waals surface area contributed by atoms with E-state index in [1.807, 2.05) is 0 Å². The number of carbonyl (C=O) groups is 2. The molecule has 1 saturated carbocycles. The Hall–Kier alpha value is -1.26. The van der Waals surface area contributed by atoms with Crippen molar-refractivity contribution in [3.63, 3.8) is 0 Å². The van der Waals surface area contributed by atoms with Gasteiger partial charge in [0.2, 0.25) is 5.91 Å². The lowest BCUT2D eigenvalue weighted by atomic mass is 10.1. The predicted octanol–water partition coefficient (Wildman–Crippen LogP) is -0.0920. The molecule has 2 amide bonds. The Morgan fingerprint density at radius 1 is 1.42 bits per heavy atom. The molecule has 0 unspecified atom stereocenters. The maximum Gasteiger partial charge on any atom is 0.404 e. The van der Waals surface area contributed by atoms with Gasteiger partial charge in [-0.05, 0) is 19.3 Å². The third-order valence-corrected chi connectivity index (χ3v) is 2.16. The van der Waals surface area contributed by atoms with Crippen LogP contribution in [0.2, 0.25) is 0 Å². The lowest BCUT2D eigenvalue weighted by Gasteiger charge is -2.08. The highest BCUT2D eigenvalue weighted by Gasteiger charge is 2.28.